The number of carbonyl (C=O) groups excluding carboxylic acids is 1. The number of hydrogen-bond donors (Lipinski definition) is 1. The lowest BCUT2D eigenvalue weighted by Gasteiger charge is -2.34. The Hall–Kier alpha value is -2.25. The van der Waals surface area contributed by atoms with Crippen LogP contribution in [0.4, 0.5) is 5.69 Å². The Bertz CT molecular complexity index is 1040. The summed E-state index contributed by atoms with van der Waals surface area (Å²) in [5.74, 6) is -0.0446. The highest BCUT2D eigenvalue weighted by Gasteiger charge is 2.36. The number of ether oxygens (including phenoxy) is 1. The molecule has 0 saturated heterocycles. The first-order chi connectivity index (χ1) is 13.6. The van der Waals surface area contributed by atoms with Crippen molar-refractivity contribution in [1.82, 2.24) is 5.32 Å². The molecule has 29 heavy (non-hydrogen) atoms. The van der Waals surface area contributed by atoms with E-state index in [1.54, 1.807) is 12.1 Å². The normalized spacial score (nSPS) is 17.3. The van der Waals surface area contributed by atoms with Crippen LogP contribution in [0.5, 0.6) is 5.75 Å². The van der Waals surface area contributed by atoms with Crippen LogP contribution < -0.4 is 14.4 Å². The lowest BCUT2D eigenvalue weighted by Crippen LogP contribution is -2.51. The van der Waals surface area contributed by atoms with Gasteiger partial charge in [0.15, 0.2) is 6.10 Å². The van der Waals surface area contributed by atoms with Gasteiger partial charge in [0, 0.05) is 5.02 Å². The summed E-state index contributed by atoms with van der Waals surface area (Å²) >= 11 is 6.02. The summed E-state index contributed by atoms with van der Waals surface area (Å²) in [4.78, 5) is 13.0. The van der Waals surface area contributed by atoms with Crippen molar-refractivity contribution in [2.75, 3.05) is 17.1 Å². The van der Waals surface area contributed by atoms with E-state index in [9.17, 15) is 13.2 Å². The Balaban J connectivity index is 1.86. The average Bonchev–Trinajstić information content (AvgIpc) is 2.64. The molecule has 6 nitrogen and oxygen atoms in total. The Kier molecular flexibility index (Phi) is 6.10. The summed E-state index contributed by atoms with van der Waals surface area (Å²) in [7, 11) is -3.61. The molecule has 1 amide bonds. The van der Waals surface area contributed by atoms with Crippen molar-refractivity contribution in [3.63, 3.8) is 0 Å². The van der Waals surface area contributed by atoms with Crippen LogP contribution >= 0.6 is 11.6 Å². The maximum absolute atomic E-state index is 13.0. The van der Waals surface area contributed by atoms with Crippen LogP contribution in [-0.2, 0) is 14.8 Å². The van der Waals surface area contributed by atoms with Gasteiger partial charge in [-0.2, -0.15) is 0 Å². The molecule has 0 bridgehead atoms. The van der Waals surface area contributed by atoms with E-state index in [1.165, 1.54) is 10.4 Å². The average molecular weight is 437 g/mol. The molecule has 0 radical (unpaired) electrons. The first kappa shape index (κ1) is 21.5. The van der Waals surface area contributed by atoms with Gasteiger partial charge >= 0.3 is 0 Å². The highest BCUT2D eigenvalue weighted by Crippen LogP contribution is 2.37. The standard InChI is InChI=1S/C21H25ClN2O4S/c1-5-17(16-8-6-13(2)10-14(16)3)23-21(25)20-12-24(29(4,26)27)18-11-15(22)7-9-19(18)28-20/h6-11,17,20H,5,12H2,1-4H3,(H,23,25)/t17-,20-/m1/s1. The van der Waals surface area contributed by atoms with E-state index in [4.69, 9.17) is 16.3 Å². The van der Waals surface area contributed by atoms with Gasteiger partial charge in [-0.25, -0.2) is 8.42 Å². The molecule has 0 unspecified atom stereocenters. The molecule has 1 aliphatic rings. The molecule has 2 aromatic rings. The second-order valence-electron chi connectivity index (χ2n) is 7.34. The Morgan fingerprint density at radius 3 is 2.62 bits per heavy atom. The predicted molar refractivity (Wildman–Crippen MR) is 115 cm³/mol. The second-order valence-corrected chi connectivity index (χ2v) is 9.69. The lowest BCUT2D eigenvalue weighted by molar-refractivity contribution is -0.128. The van der Waals surface area contributed by atoms with Gasteiger partial charge in [0.05, 0.1) is 24.5 Å². The minimum absolute atomic E-state index is 0.110. The van der Waals surface area contributed by atoms with Gasteiger partial charge in [-0.3, -0.25) is 9.10 Å². The number of aryl methyl sites for hydroxylation is 2. The van der Waals surface area contributed by atoms with Crippen molar-refractivity contribution < 1.29 is 17.9 Å². The van der Waals surface area contributed by atoms with Crippen molar-refractivity contribution in [2.24, 2.45) is 0 Å². The topological polar surface area (TPSA) is 75.7 Å². The Labute approximate surface area is 176 Å². The molecule has 2 atom stereocenters. The quantitative estimate of drug-likeness (QED) is 0.774. The molecule has 0 aliphatic carbocycles. The number of benzene rings is 2. The van der Waals surface area contributed by atoms with Gasteiger partial charge in [-0.05, 0) is 49.6 Å². The summed E-state index contributed by atoms with van der Waals surface area (Å²) in [5, 5.41) is 3.41. The summed E-state index contributed by atoms with van der Waals surface area (Å²) in [6.45, 7) is 5.92. The molecule has 2 aromatic carbocycles. The largest absolute Gasteiger partial charge is 0.476 e. The minimum atomic E-state index is -3.61. The fourth-order valence-corrected chi connectivity index (χ4v) is 4.63. The van der Waals surface area contributed by atoms with Crippen molar-refractivity contribution in [3.8, 4) is 5.75 Å². The van der Waals surface area contributed by atoms with Crippen LogP contribution in [0.2, 0.25) is 5.02 Å². The third-order valence-electron chi connectivity index (χ3n) is 5.01. The molecular formula is C21H25ClN2O4S. The first-order valence-corrected chi connectivity index (χ1v) is 11.6. The van der Waals surface area contributed by atoms with E-state index in [0.717, 1.165) is 22.9 Å². The van der Waals surface area contributed by atoms with Crippen molar-refractivity contribution in [1.29, 1.82) is 0 Å². The van der Waals surface area contributed by atoms with Crippen molar-refractivity contribution >= 4 is 33.2 Å². The Morgan fingerprint density at radius 2 is 2.00 bits per heavy atom. The smallest absolute Gasteiger partial charge is 0.263 e. The zero-order chi connectivity index (χ0) is 21.3. The van der Waals surface area contributed by atoms with Gasteiger partial charge in [0.25, 0.3) is 5.91 Å². The fraction of sp³-hybridized carbons (Fsp3) is 0.381. The molecule has 1 aliphatic heterocycles. The summed E-state index contributed by atoms with van der Waals surface area (Å²) < 4.78 is 31.6. The number of sulfonamides is 1. The van der Waals surface area contributed by atoms with Crippen LogP contribution in [-0.4, -0.2) is 33.2 Å². The molecule has 156 valence electrons. The van der Waals surface area contributed by atoms with E-state index in [2.05, 4.69) is 11.4 Å². The summed E-state index contributed by atoms with van der Waals surface area (Å²) in [6.07, 6.45) is 0.838. The van der Waals surface area contributed by atoms with Crippen LogP contribution in [0.1, 0.15) is 36.1 Å². The molecule has 8 heteroatoms. The van der Waals surface area contributed by atoms with Gasteiger partial charge < -0.3 is 10.1 Å². The van der Waals surface area contributed by atoms with Gasteiger partial charge in [-0.1, -0.05) is 42.3 Å². The molecule has 0 saturated carbocycles. The molecule has 1 N–H and O–H groups in total. The molecule has 1 heterocycles. The maximum Gasteiger partial charge on any atom is 0.263 e. The van der Waals surface area contributed by atoms with Crippen LogP contribution in [0.25, 0.3) is 0 Å². The number of nitrogens with one attached hydrogen (secondary N) is 1. The van der Waals surface area contributed by atoms with Crippen LogP contribution in [0.15, 0.2) is 36.4 Å². The van der Waals surface area contributed by atoms with E-state index >= 15 is 0 Å². The van der Waals surface area contributed by atoms with E-state index in [0.29, 0.717) is 22.9 Å². The molecule has 0 fully saturated rings. The Morgan fingerprint density at radius 1 is 1.28 bits per heavy atom. The SMILES string of the molecule is CC[C@@H](NC(=O)[C@H]1CN(S(C)(=O)=O)c2cc(Cl)ccc2O1)c1ccc(C)cc1C. The molecule has 0 spiro atoms. The molecular weight excluding hydrogens is 412 g/mol. The van der Waals surface area contributed by atoms with Crippen molar-refractivity contribution in [2.45, 2.75) is 39.3 Å². The number of anilines is 1. The zero-order valence-corrected chi connectivity index (χ0v) is 18.5. The zero-order valence-electron chi connectivity index (χ0n) is 16.9. The molecule has 0 aromatic heterocycles. The second kappa shape index (κ2) is 8.24. The van der Waals surface area contributed by atoms with Crippen molar-refractivity contribution in [3.05, 3.63) is 58.1 Å². The number of amides is 1. The number of halogens is 1. The number of nitrogens with zero attached hydrogens (tertiary/aromatic N) is 1. The van der Waals surface area contributed by atoms with E-state index < -0.39 is 16.1 Å². The number of rotatable bonds is 5. The third kappa shape index (κ3) is 4.67. The van der Waals surface area contributed by atoms with Gasteiger partial charge in [-0.15, -0.1) is 0 Å². The fourth-order valence-electron chi connectivity index (χ4n) is 3.56. The van der Waals surface area contributed by atoms with Gasteiger partial charge in [0.1, 0.15) is 5.75 Å². The van der Waals surface area contributed by atoms with Crippen LogP contribution in [0, 0.1) is 13.8 Å². The monoisotopic (exact) mass is 436 g/mol. The molecule has 3 rings (SSSR count). The lowest BCUT2D eigenvalue weighted by atomic mass is 9.97. The minimum Gasteiger partial charge on any atom is -0.476 e. The van der Waals surface area contributed by atoms with E-state index in [-0.39, 0.29) is 18.5 Å². The summed E-state index contributed by atoms with van der Waals surface area (Å²) in [5.41, 5.74) is 3.63. The van der Waals surface area contributed by atoms with Crippen LogP contribution in [0.3, 0.4) is 0 Å². The number of fused-ring (bicyclic) bond motifs is 1. The maximum atomic E-state index is 13.0. The number of carbonyl (C=O) groups is 1. The third-order valence-corrected chi connectivity index (χ3v) is 6.39. The first-order valence-electron chi connectivity index (χ1n) is 9.41. The predicted octanol–water partition coefficient (Wildman–Crippen LogP) is 3.75. The highest BCUT2D eigenvalue weighted by molar-refractivity contribution is 7.92. The highest BCUT2D eigenvalue weighted by atomic mass is 35.5. The van der Waals surface area contributed by atoms with Gasteiger partial charge in [0.2, 0.25) is 10.0 Å². The number of hydrogen-bond acceptors (Lipinski definition) is 4. The summed E-state index contributed by atoms with van der Waals surface area (Å²) in [6, 6.07) is 10.6. The van der Waals surface area contributed by atoms with E-state index in [1.807, 2.05) is 32.9 Å².